The number of nitrogens with zero attached hydrogens (tertiary/aromatic N) is 4. The van der Waals surface area contributed by atoms with Crippen LogP contribution in [0, 0.1) is 0 Å². The monoisotopic (exact) mass is 771 g/mol. The van der Waals surface area contributed by atoms with Gasteiger partial charge in [0.05, 0.1) is 11.4 Å². The lowest BCUT2D eigenvalue weighted by Crippen LogP contribution is -2.33. The van der Waals surface area contributed by atoms with E-state index < -0.39 is 6.17 Å². The van der Waals surface area contributed by atoms with Crippen molar-refractivity contribution in [1.82, 2.24) is 15.3 Å². The molecule has 10 rings (SSSR count). The molecule has 2 aromatic heterocycles. The van der Waals surface area contributed by atoms with Crippen LogP contribution in [0.25, 0.3) is 50.2 Å². The van der Waals surface area contributed by atoms with E-state index in [2.05, 4.69) is 173 Å². The molecular weight excluding hydrogens is 731 g/mol. The molecule has 2 aliphatic rings. The number of nitrogens with one attached hydrogen (secondary N) is 1. The number of pyridine rings is 2. The van der Waals surface area contributed by atoms with Gasteiger partial charge in [0.25, 0.3) is 0 Å². The van der Waals surface area contributed by atoms with Gasteiger partial charge in [-0.2, -0.15) is 0 Å². The molecule has 8 aromatic rings. The van der Waals surface area contributed by atoms with Gasteiger partial charge in [0.1, 0.15) is 12.0 Å². The van der Waals surface area contributed by atoms with Crippen molar-refractivity contribution in [2.45, 2.75) is 18.5 Å². The largest absolute Gasteiger partial charge is 0.344 e. The number of aromatic nitrogens is 2. The van der Waals surface area contributed by atoms with Gasteiger partial charge >= 0.3 is 0 Å². The lowest BCUT2D eigenvalue weighted by atomic mass is 9.86. The first-order valence-corrected chi connectivity index (χ1v) is 20.4. The Labute approximate surface area is 351 Å². The van der Waals surface area contributed by atoms with Crippen LogP contribution in [0.1, 0.15) is 46.5 Å². The van der Waals surface area contributed by atoms with Crippen LogP contribution in [0.3, 0.4) is 0 Å². The third-order valence-corrected chi connectivity index (χ3v) is 11.2. The fourth-order valence-electron chi connectivity index (χ4n) is 8.01. The van der Waals surface area contributed by atoms with Crippen LogP contribution in [0.5, 0.6) is 0 Å². The Morgan fingerprint density at radius 2 is 0.950 bits per heavy atom. The summed E-state index contributed by atoms with van der Waals surface area (Å²) < 4.78 is 0. The minimum absolute atomic E-state index is 0.191. The second-order valence-electron chi connectivity index (χ2n) is 15.1. The number of amidine groups is 2. The first kappa shape index (κ1) is 36.6. The maximum Gasteiger partial charge on any atom is 0.159 e. The van der Waals surface area contributed by atoms with Crippen LogP contribution in [0.2, 0.25) is 0 Å². The van der Waals surface area contributed by atoms with Crippen molar-refractivity contribution in [3.05, 3.63) is 247 Å². The number of hydrogen-bond acceptors (Lipinski definition) is 5. The Kier molecular flexibility index (Phi) is 10.1. The highest BCUT2D eigenvalue weighted by atomic mass is 15.2. The fourth-order valence-corrected chi connectivity index (χ4v) is 8.01. The quantitative estimate of drug-likeness (QED) is 0.159. The van der Waals surface area contributed by atoms with E-state index in [4.69, 9.17) is 9.98 Å². The topological polar surface area (TPSA) is 62.5 Å². The number of rotatable bonds is 9. The standard InChI is InChI=1S/C55H41N5/c1-4-14-38(15-5-1)45-32-47(40-22-26-42(27-23-40)51-20-10-12-30-56-51)36-49(34-45)54-58-53(44-18-8-3-9-19-44)59-55(60-54)50-35-46(39-16-6-2-7-17-39)33-48(37-50)41-24-28-43(29-25-41)52-21-11-13-31-57-52/h1-24,26-37,41,54H,25H2,(H,58,59,60). The van der Waals surface area contributed by atoms with Gasteiger partial charge in [-0.3, -0.25) is 9.97 Å². The van der Waals surface area contributed by atoms with Crippen molar-refractivity contribution in [1.29, 1.82) is 0 Å². The predicted octanol–water partition coefficient (Wildman–Crippen LogP) is 12.8. The molecule has 286 valence electrons. The SMILES string of the molecule is C1=CC(c2cc(C3=NC(c4ccccc4)=NC(c4cc(-c5ccccc5)cc(-c5ccc(-c6ccccn6)cc5)c4)N3)cc(-c3ccccc3)c2)CC=C1c1ccccn1. The van der Waals surface area contributed by atoms with Gasteiger partial charge in [-0.1, -0.05) is 152 Å². The molecule has 0 saturated carbocycles. The van der Waals surface area contributed by atoms with E-state index in [1.807, 2.05) is 60.9 Å². The van der Waals surface area contributed by atoms with Crippen LogP contribution >= 0.6 is 0 Å². The third-order valence-electron chi connectivity index (χ3n) is 11.2. The molecule has 5 nitrogen and oxygen atoms in total. The van der Waals surface area contributed by atoms with Gasteiger partial charge in [-0.15, -0.1) is 0 Å². The van der Waals surface area contributed by atoms with Gasteiger partial charge < -0.3 is 5.32 Å². The zero-order valence-electron chi connectivity index (χ0n) is 32.9. The molecule has 60 heavy (non-hydrogen) atoms. The van der Waals surface area contributed by atoms with E-state index in [-0.39, 0.29) is 5.92 Å². The zero-order chi connectivity index (χ0) is 40.1. The van der Waals surface area contributed by atoms with Crippen LogP contribution in [0.4, 0.5) is 0 Å². The molecule has 5 heteroatoms. The highest BCUT2D eigenvalue weighted by Gasteiger charge is 2.24. The lowest BCUT2D eigenvalue weighted by molar-refractivity contribution is 0.674. The van der Waals surface area contributed by atoms with Gasteiger partial charge in [0, 0.05) is 35.0 Å². The van der Waals surface area contributed by atoms with Gasteiger partial charge in [-0.05, 0) is 111 Å². The Bertz CT molecular complexity index is 2880. The van der Waals surface area contributed by atoms with Crippen molar-refractivity contribution in [2.24, 2.45) is 9.98 Å². The zero-order valence-corrected chi connectivity index (χ0v) is 32.9. The van der Waals surface area contributed by atoms with Crippen LogP contribution in [0.15, 0.2) is 229 Å². The van der Waals surface area contributed by atoms with E-state index in [0.717, 1.165) is 84.9 Å². The minimum atomic E-state index is -0.412. The molecule has 0 bridgehead atoms. The van der Waals surface area contributed by atoms with Crippen molar-refractivity contribution in [2.75, 3.05) is 0 Å². The molecule has 0 fully saturated rings. The Balaban J connectivity index is 1.07. The third kappa shape index (κ3) is 7.89. The first-order chi connectivity index (χ1) is 29.7. The molecule has 0 spiro atoms. The molecule has 2 unspecified atom stereocenters. The first-order valence-electron chi connectivity index (χ1n) is 20.4. The number of allylic oxidation sites excluding steroid dienone is 4. The van der Waals surface area contributed by atoms with E-state index in [0.29, 0.717) is 5.84 Å². The summed E-state index contributed by atoms with van der Waals surface area (Å²) in [6.45, 7) is 0. The fraction of sp³-hybridized carbons (Fsp3) is 0.0545. The van der Waals surface area contributed by atoms with E-state index >= 15 is 0 Å². The summed E-state index contributed by atoms with van der Waals surface area (Å²) in [5.74, 6) is 1.66. The predicted molar refractivity (Wildman–Crippen MR) is 247 cm³/mol. The number of aliphatic imine (C=N–C) groups is 2. The summed E-state index contributed by atoms with van der Waals surface area (Å²) in [6.07, 6.45) is 11.0. The molecule has 1 aliphatic carbocycles. The highest BCUT2D eigenvalue weighted by Crippen LogP contribution is 2.36. The smallest absolute Gasteiger partial charge is 0.159 e. The molecule has 2 atom stereocenters. The van der Waals surface area contributed by atoms with Crippen LogP contribution < -0.4 is 5.32 Å². The van der Waals surface area contributed by atoms with Crippen LogP contribution in [-0.4, -0.2) is 21.6 Å². The molecule has 0 saturated heterocycles. The highest BCUT2D eigenvalue weighted by molar-refractivity contribution is 6.13. The van der Waals surface area contributed by atoms with Gasteiger partial charge in [0.2, 0.25) is 0 Å². The van der Waals surface area contributed by atoms with E-state index in [1.165, 1.54) is 5.56 Å². The molecule has 3 heterocycles. The number of hydrogen-bond donors (Lipinski definition) is 1. The van der Waals surface area contributed by atoms with Crippen molar-refractivity contribution >= 4 is 17.2 Å². The van der Waals surface area contributed by atoms with Crippen molar-refractivity contribution in [3.8, 4) is 44.6 Å². The Morgan fingerprint density at radius 1 is 0.433 bits per heavy atom. The molecule has 0 radical (unpaired) electrons. The summed E-state index contributed by atoms with van der Waals surface area (Å²) in [5, 5.41) is 3.83. The van der Waals surface area contributed by atoms with E-state index in [1.54, 1.807) is 0 Å². The summed E-state index contributed by atoms with van der Waals surface area (Å²) in [5.41, 5.74) is 15.2. The summed E-state index contributed by atoms with van der Waals surface area (Å²) in [7, 11) is 0. The maximum absolute atomic E-state index is 5.34. The molecule has 6 aromatic carbocycles. The summed E-state index contributed by atoms with van der Waals surface area (Å²) in [4.78, 5) is 19.8. The average molecular weight is 772 g/mol. The summed E-state index contributed by atoms with van der Waals surface area (Å²) >= 11 is 0. The lowest BCUT2D eigenvalue weighted by Gasteiger charge is -2.26. The Hall–Kier alpha value is -7.76. The molecule has 1 aliphatic heterocycles. The van der Waals surface area contributed by atoms with Crippen LogP contribution in [-0.2, 0) is 0 Å². The maximum atomic E-state index is 5.34. The van der Waals surface area contributed by atoms with Gasteiger partial charge in [0.15, 0.2) is 5.84 Å². The Morgan fingerprint density at radius 3 is 1.53 bits per heavy atom. The second-order valence-corrected chi connectivity index (χ2v) is 15.1. The van der Waals surface area contributed by atoms with Crippen molar-refractivity contribution < 1.29 is 0 Å². The van der Waals surface area contributed by atoms with Gasteiger partial charge in [-0.25, -0.2) is 9.98 Å². The molecule has 1 N–H and O–H groups in total. The second kappa shape index (κ2) is 16.6. The molecule has 0 amide bonds. The van der Waals surface area contributed by atoms with Crippen molar-refractivity contribution in [3.63, 3.8) is 0 Å². The number of benzene rings is 6. The van der Waals surface area contributed by atoms with E-state index in [9.17, 15) is 0 Å². The minimum Gasteiger partial charge on any atom is -0.344 e. The average Bonchev–Trinajstić information content (AvgIpc) is 3.35. The normalized spacial score (nSPS) is 16.0. The summed E-state index contributed by atoms with van der Waals surface area (Å²) in [6, 6.07) is 65.9. The molecular formula is C55H41N5.